The van der Waals surface area contributed by atoms with E-state index in [4.69, 9.17) is 10.5 Å². The van der Waals surface area contributed by atoms with E-state index in [2.05, 4.69) is 31.4 Å². The van der Waals surface area contributed by atoms with Crippen LogP contribution in [0.3, 0.4) is 0 Å². The number of amides is 1. The molecule has 3 aromatic heterocycles. The highest BCUT2D eigenvalue weighted by atomic mass is 16.5. The van der Waals surface area contributed by atoms with Crippen LogP contribution in [0.25, 0.3) is 33.4 Å². The maximum absolute atomic E-state index is 12.2. The lowest BCUT2D eigenvalue weighted by Crippen LogP contribution is -2.31. The van der Waals surface area contributed by atoms with Gasteiger partial charge in [0.05, 0.1) is 17.2 Å². The van der Waals surface area contributed by atoms with E-state index < -0.39 is 0 Å². The molecule has 1 aliphatic rings. The van der Waals surface area contributed by atoms with Crippen molar-refractivity contribution in [3.05, 3.63) is 90.9 Å². The number of pyridine rings is 1. The fourth-order valence-electron chi connectivity index (χ4n) is 5.18. The molecule has 0 atom stereocenters. The zero-order valence-corrected chi connectivity index (χ0v) is 22.8. The van der Waals surface area contributed by atoms with Gasteiger partial charge in [-0.2, -0.15) is 0 Å². The highest BCUT2D eigenvalue weighted by Crippen LogP contribution is 2.47. The molecule has 1 fully saturated rings. The highest BCUT2D eigenvalue weighted by Gasteiger charge is 2.34. The summed E-state index contributed by atoms with van der Waals surface area (Å²) in [5.41, 5.74) is 12.8. The van der Waals surface area contributed by atoms with Gasteiger partial charge in [-0.15, -0.1) is 0 Å². The van der Waals surface area contributed by atoms with Crippen LogP contribution in [-0.4, -0.2) is 36.6 Å². The lowest BCUT2D eigenvalue weighted by Gasteiger charge is -2.34. The lowest BCUT2D eigenvalue weighted by molar-refractivity contribution is -0.112. The van der Waals surface area contributed by atoms with E-state index in [1.807, 2.05) is 73.7 Å². The summed E-state index contributed by atoms with van der Waals surface area (Å²) in [6, 6.07) is 21.1. The Bertz CT molecular complexity index is 1770. The zero-order chi connectivity index (χ0) is 28.7. The molecule has 4 N–H and O–H groups in total. The standard InChI is InChI=1S/C32H30N6O3/c1-18(2)32(40)37-22-11-7-21(8-12-22)29-27(20-9-13-25(14-10-20)41-26-6-4-5-19(3)36-26)28-30(33)34-17-35-31(28)38(29)23-15-24(39)16-23/h4-14,17,23-24,39H,1,15-16H2,2-3H3,(H,37,40)(H2,33,34,35). The number of nitrogens with one attached hydrogen (secondary N) is 1. The Morgan fingerprint density at radius 1 is 1.05 bits per heavy atom. The van der Waals surface area contributed by atoms with Gasteiger partial charge in [0.2, 0.25) is 5.88 Å². The monoisotopic (exact) mass is 546 g/mol. The molecule has 1 saturated carbocycles. The first-order valence-electron chi connectivity index (χ1n) is 13.4. The molecule has 41 heavy (non-hydrogen) atoms. The number of nitrogens with zero attached hydrogens (tertiary/aromatic N) is 4. The third-order valence-corrected chi connectivity index (χ3v) is 7.30. The second-order valence-corrected chi connectivity index (χ2v) is 10.4. The van der Waals surface area contributed by atoms with Gasteiger partial charge < -0.3 is 25.5 Å². The van der Waals surface area contributed by atoms with Crippen LogP contribution < -0.4 is 15.8 Å². The highest BCUT2D eigenvalue weighted by molar-refractivity contribution is 6.08. The maximum Gasteiger partial charge on any atom is 0.250 e. The Balaban J connectivity index is 1.48. The van der Waals surface area contributed by atoms with E-state index in [9.17, 15) is 9.90 Å². The number of hydrogen-bond acceptors (Lipinski definition) is 7. The summed E-state index contributed by atoms with van der Waals surface area (Å²) in [5, 5.41) is 13.8. The molecule has 1 amide bonds. The third kappa shape index (κ3) is 5.03. The number of rotatable bonds is 7. The first-order valence-corrected chi connectivity index (χ1v) is 13.4. The Labute approximate surface area is 237 Å². The predicted molar refractivity (Wildman–Crippen MR) is 160 cm³/mol. The number of benzene rings is 2. The summed E-state index contributed by atoms with van der Waals surface area (Å²) in [5.74, 6) is 1.32. The third-order valence-electron chi connectivity index (χ3n) is 7.30. The molecule has 3 heterocycles. The summed E-state index contributed by atoms with van der Waals surface area (Å²) in [4.78, 5) is 25.6. The average molecular weight is 547 g/mol. The molecular formula is C32H30N6O3. The number of aromatic nitrogens is 4. The fraction of sp³-hybridized carbons (Fsp3) is 0.188. The van der Waals surface area contributed by atoms with Gasteiger partial charge in [-0.1, -0.05) is 36.9 Å². The number of ether oxygens (including phenoxy) is 1. The van der Waals surface area contributed by atoms with Crippen molar-refractivity contribution in [1.82, 2.24) is 19.5 Å². The number of nitrogens with two attached hydrogens (primary N) is 1. The number of aliphatic hydroxyl groups excluding tert-OH is 1. The molecule has 0 saturated heterocycles. The SMILES string of the molecule is C=C(C)C(=O)Nc1ccc(-c2c(-c3ccc(Oc4cccc(C)n4)cc3)c3c(N)ncnc3n2C2CC(O)C2)cc1. The Kier molecular flexibility index (Phi) is 6.72. The van der Waals surface area contributed by atoms with Crippen molar-refractivity contribution in [2.24, 2.45) is 0 Å². The molecule has 6 rings (SSSR count). The van der Waals surface area contributed by atoms with Gasteiger partial charge in [-0.3, -0.25) is 4.79 Å². The van der Waals surface area contributed by atoms with Gasteiger partial charge in [0.25, 0.3) is 5.91 Å². The number of carbonyl (C=O) groups excluding carboxylic acids is 1. The van der Waals surface area contributed by atoms with E-state index in [-0.39, 0.29) is 18.1 Å². The van der Waals surface area contributed by atoms with Gasteiger partial charge in [0.1, 0.15) is 23.5 Å². The van der Waals surface area contributed by atoms with E-state index in [1.54, 1.807) is 6.92 Å². The minimum absolute atomic E-state index is 0.0448. The Hall–Kier alpha value is -5.02. The molecule has 2 aromatic carbocycles. The van der Waals surface area contributed by atoms with Crippen molar-refractivity contribution < 1.29 is 14.6 Å². The molecule has 5 aromatic rings. The van der Waals surface area contributed by atoms with Gasteiger partial charge in [0.15, 0.2) is 0 Å². The van der Waals surface area contributed by atoms with Gasteiger partial charge in [-0.05, 0) is 68.1 Å². The molecule has 0 bridgehead atoms. The molecule has 0 aliphatic heterocycles. The summed E-state index contributed by atoms with van der Waals surface area (Å²) < 4.78 is 8.15. The van der Waals surface area contributed by atoms with E-state index >= 15 is 0 Å². The van der Waals surface area contributed by atoms with Crippen molar-refractivity contribution in [3.63, 3.8) is 0 Å². The summed E-state index contributed by atoms with van der Waals surface area (Å²) in [6.45, 7) is 7.29. The Morgan fingerprint density at radius 3 is 2.41 bits per heavy atom. The van der Waals surface area contributed by atoms with E-state index in [0.717, 1.165) is 33.5 Å². The van der Waals surface area contributed by atoms with E-state index in [1.165, 1.54) is 6.33 Å². The molecule has 206 valence electrons. The van der Waals surface area contributed by atoms with Crippen molar-refractivity contribution in [1.29, 1.82) is 0 Å². The van der Waals surface area contributed by atoms with Crippen molar-refractivity contribution in [3.8, 4) is 34.0 Å². The molecule has 1 aliphatic carbocycles. The minimum Gasteiger partial charge on any atom is -0.439 e. The predicted octanol–water partition coefficient (Wildman–Crippen LogP) is 6.05. The van der Waals surface area contributed by atoms with Gasteiger partial charge >= 0.3 is 0 Å². The lowest BCUT2D eigenvalue weighted by atomic mass is 9.88. The average Bonchev–Trinajstić information content (AvgIpc) is 3.28. The van der Waals surface area contributed by atoms with Crippen LogP contribution >= 0.6 is 0 Å². The van der Waals surface area contributed by atoms with Crippen LogP contribution in [0.4, 0.5) is 11.5 Å². The molecule has 0 spiro atoms. The smallest absolute Gasteiger partial charge is 0.250 e. The minimum atomic E-state index is -0.362. The Morgan fingerprint density at radius 2 is 1.76 bits per heavy atom. The van der Waals surface area contributed by atoms with Crippen LogP contribution in [0.15, 0.2) is 85.2 Å². The number of anilines is 2. The van der Waals surface area contributed by atoms with Crippen LogP contribution in [0.2, 0.25) is 0 Å². The topological polar surface area (TPSA) is 128 Å². The maximum atomic E-state index is 12.2. The second kappa shape index (κ2) is 10.5. The molecule has 0 radical (unpaired) electrons. The normalized spacial score (nSPS) is 16.3. The van der Waals surface area contributed by atoms with Crippen molar-refractivity contribution in [2.45, 2.75) is 38.8 Å². The van der Waals surface area contributed by atoms with Crippen molar-refractivity contribution >= 4 is 28.4 Å². The number of hydrogen-bond donors (Lipinski definition) is 3. The molecule has 9 heteroatoms. The van der Waals surface area contributed by atoms with Crippen LogP contribution in [0.1, 0.15) is 31.5 Å². The second-order valence-electron chi connectivity index (χ2n) is 10.4. The number of aliphatic hydroxyl groups is 1. The van der Waals surface area contributed by atoms with E-state index in [0.29, 0.717) is 47.2 Å². The van der Waals surface area contributed by atoms with Gasteiger partial charge in [0, 0.05) is 34.6 Å². The van der Waals surface area contributed by atoms with Crippen molar-refractivity contribution in [2.75, 3.05) is 11.1 Å². The van der Waals surface area contributed by atoms with Crippen LogP contribution in [-0.2, 0) is 4.79 Å². The number of carbonyl (C=O) groups is 1. The molecule has 0 unspecified atom stereocenters. The quantitative estimate of drug-likeness (QED) is 0.212. The zero-order valence-electron chi connectivity index (χ0n) is 22.8. The largest absolute Gasteiger partial charge is 0.439 e. The number of aryl methyl sites for hydroxylation is 1. The van der Waals surface area contributed by atoms with Crippen LogP contribution in [0.5, 0.6) is 11.6 Å². The fourth-order valence-corrected chi connectivity index (χ4v) is 5.18. The summed E-state index contributed by atoms with van der Waals surface area (Å²) in [6.07, 6.45) is 2.34. The summed E-state index contributed by atoms with van der Waals surface area (Å²) in [7, 11) is 0. The van der Waals surface area contributed by atoms with Crippen LogP contribution in [0, 0.1) is 6.92 Å². The first-order chi connectivity index (χ1) is 19.8. The first kappa shape index (κ1) is 26.2. The molecule has 9 nitrogen and oxygen atoms in total. The summed E-state index contributed by atoms with van der Waals surface area (Å²) >= 11 is 0. The number of nitrogen functional groups attached to an aromatic ring is 1. The van der Waals surface area contributed by atoms with Gasteiger partial charge in [-0.25, -0.2) is 15.0 Å². The molecular weight excluding hydrogens is 516 g/mol. The number of fused-ring (bicyclic) bond motifs is 1.